The van der Waals surface area contributed by atoms with Crippen LogP contribution in [0.5, 0.6) is 0 Å². The first kappa shape index (κ1) is 18.6. The number of rotatable bonds is 9. The van der Waals surface area contributed by atoms with Crippen molar-refractivity contribution in [3.63, 3.8) is 0 Å². The van der Waals surface area contributed by atoms with E-state index in [1.165, 1.54) is 16.3 Å². The van der Waals surface area contributed by atoms with Crippen LogP contribution in [0.1, 0.15) is 6.42 Å². The van der Waals surface area contributed by atoms with Crippen LogP contribution in [0.2, 0.25) is 0 Å². The molecule has 2 rings (SSSR count). The number of thioether (sulfide) groups is 2. The molecule has 9 heteroatoms. The zero-order chi connectivity index (χ0) is 17.4. The summed E-state index contributed by atoms with van der Waals surface area (Å²) >= 11 is 2.87. The van der Waals surface area contributed by atoms with Crippen LogP contribution in [0, 0.1) is 0 Å². The molecule has 1 heterocycles. The number of H-pyrrole nitrogens is 1. The number of hydrogen-bond donors (Lipinski definition) is 2. The number of nitrogens with one attached hydrogen (secondary N) is 2. The number of carbonyl (C=O) groups excluding carboxylic acids is 1. The molecule has 0 fully saturated rings. The van der Waals surface area contributed by atoms with Crippen molar-refractivity contribution in [3.05, 3.63) is 34.7 Å². The van der Waals surface area contributed by atoms with Gasteiger partial charge in [-0.25, -0.2) is 9.89 Å². The van der Waals surface area contributed by atoms with Crippen molar-refractivity contribution in [2.75, 3.05) is 31.0 Å². The minimum atomic E-state index is -0.276. The standard InChI is InChI=1S/C15H20N4O3S2/c1-22-9-3-8-19-14(21)17-18-15(19)24-10-13(20)16-11-4-6-12(23-2)7-5-11/h4-7H,3,8-10H2,1-2H3,(H,16,20)(H,17,21). The van der Waals surface area contributed by atoms with E-state index in [1.54, 1.807) is 18.9 Å². The van der Waals surface area contributed by atoms with Crippen LogP contribution >= 0.6 is 23.5 Å². The van der Waals surface area contributed by atoms with Crippen molar-refractivity contribution in [1.82, 2.24) is 14.8 Å². The van der Waals surface area contributed by atoms with Gasteiger partial charge in [0.1, 0.15) is 0 Å². The lowest BCUT2D eigenvalue weighted by Gasteiger charge is -2.07. The maximum absolute atomic E-state index is 12.0. The van der Waals surface area contributed by atoms with Crippen LogP contribution in [0.3, 0.4) is 0 Å². The van der Waals surface area contributed by atoms with E-state index in [0.717, 1.165) is 10.6 Å². The van der Waals surface area contributed by atoms with E-state index in [0.29, 0.717) is 24.7 Å². The van der Waals surface area contributed by atoms with Crippen molar-refractivity contribution in [3.8, 4) is 0 Å². The number of carbonyl (C=O) groups is 1. The molecule has 0 unspecified atom stereocenters. The topological polar surface area (TPSA) is 89.0 Å². The zero-order valence-electron chi connectivity index (χ0n) is 13.6. The fourth-order valence-corrected chi connectivity index (χ4v) is 3.16. The lowest BCUT2D eigenvalue weighted by atomic mass is 10.3. The second kappa shape index (κ2) is 9.55. The van der Waals surface area contributed by atoms with Gasteiger partial charge in [-0.05, 0) is 36.9 Å². The molecule has 0 saturated carbocycles. The van der Waals surface area contributed by atoms with Gasteiger partial charge in [-0.2, -0.15) is 0 Å². The van der Waals surface area contributed by atoms with Crippen LogP contribution in [0.15, 0.2) is 39.1 Å². The van der Waals surface area contributed by atoms with Gasteiger partial charge < -0.3 is 10.1 Å². The number of amides is 1. The van der Waals surface area contributed by atoms with Gasteiger partial charge in [0.15, 0.2) is 5.16 Å². The van der Waals surface area contributed by atoms with Crippen molar-refractivity contribution in [1.29, 1.82) is 0 Å². The number of benzene rings is 1. The van der Waals surface area contributed by atoms with Gasteiger partial charge in [-0.3, -0.25) is 9.36 Å². The minimum Gasteiger partial charge on any atom is -0.385 e. The molecule has 0 aliphatic heterocycles. The number of anilines is 1. The Bertz CT molecular complexity index is 712. The first-order valence-electron chi connectivity index (χ1n) is 7.35. The third kappa shape index (κ3) is 5.43. The second-order valence-corrected chi connectivity index (χ2v) is 6.70. The lowest BCUT2D eigenvalue weighted by molar-refractivity contribution is -0.113. The summed E-state index contributed by atoms with van der Waals surface area (Å²) in [5.74, 6) is 0.0366. The summed E-state index contributed by atoms with van der Waals surface area (Å²) in [5, 5.41) is 9.70. The molecule has 0 saturated heterocycles. The summed E-state index contributed by atoms with van der Waals surface area (Å²) in [6, 6.07) is 7.64. The fourth-order valence-electron chi connectivity index (χ4n) is 1.98. The third-order valence-electron chi connectivity index (χ3n) is 3.16. The fraction of sp³-hybridized carbons (Fsp3) is 0.400. The minimum absolute atomic E-state index is 0.143. The average Bonchev–Trinajstić information content (AvgIpc) is 2.94. The zero-order valence-corrected chi connectivity index (χ0v) is 15.2. The molecule has 7 nitrogen and oxygen atoms in total. The summed E-state index contributed by atoms with van der Waals surface area (Å²) in [7, 11) is 1.61. The highest BCUT2D eigenvalue weighted by Crippen LogP contribution is 2.18. The first-order valence-corrected chi connectivity index (χ1v) is 9.56. The van der Waals surface area contributed by atoms with E-state index < -0.39 is 0 Å². The average molecular weight is 368 g/mol. The largest absolute Gasteiger partial charge is 0.385 e. The van der Waals surface area contributed by atoms with Gasteiger partial charge in [-0.1, -0.05) is 11.8 Å². The van der Waals surface area contributed by atoms with Crippen LogP contribution in [0.4, 0.5) is 5.69 Å². The van der Waals surface area contributed by atoms with Crippen LogP contribution in [-0.4, -0.2) is 46.4 Å². The summed E-state index contributed by atoms with van der Waals surface area (Å²) in [6.07, 6.45) is 2.71. The maximum Gasteiger partial charge on any atom is 0.343 e. The number of hydrogen-bond acceptors (Lipinski definition) is 6. The Hall–Kier alpha value is -1.71. The van der Waals surface area contributed by atoms with Crippen molar-refractivity contribution >= 4 is 35.1 Å². The van der Waals surface area contributed by atoms with E-state index in [4.69, 9.17) is 4.74 Å². The van der Waals surface area contributed by atoms with E-state index in [2.05, 4.69) is 15.5 Å². The van der Waals surface area contributed by atoms with E-state index in [-0.39, 0.29) is 17.3 Å². The molecule has 1 amide bonds. The molecule has 2 aromatic rings. The van der Waals surface area contributed by atoms with Crippen LogP contribution < -0.4 is 11.0 Å². The number of ether oxygens (including phenoxy) is 1. The molecule has 0 bridgehead atoms. The summed E-state index contributed by atoms with van der Waals surface area (Å²) < 4.78 is 6.50. The number of aromatic amines is 1. The Kier molecular flexibility index (Phi) is 7.41. The van der Waals surface area contributed by atoms with Crippen molar-refractivity contribution in [2.45, 2.75) is 23.0 Å². The lowest BCUT2D eigenvalue weighted by Crippen LogP contribution is -2.19. The molecule has 1 aromatic heterocycles. The Morgan fingerprint density at radius 2 is 2.12 bits per heavy atom. The molecule has 1 aromatic carbocycles. The molecule has 0 radical (unpaired) electrons. The van der Waals surface area contributed by atoms with Gasteiger partial charge in [0.25, 0.3) is 0 Å². The summed E-state index contributed by atoms with van der Waals surface area (Å²) in [6.45, 7) is 1.07. The molecule has 0 spiro atoms. The van der Waals surface area contributed by atoms with Crippen molar-refractivity contribution < 1.29 is 9.53 Å². The molecule has 0 aliphatic carbocycles. The highest BCUT2D eigenvalue weighted by molar-refractivity contribution is 7.99. The van der Waals surface area contributed by atoms with E-state index in [9.17, 15) is 9.59 Å². The van der Waals surface area contributed by atoms with E-state index >= 15 is 0 Å². The van der Waals surface area contributed by atoms with E-state index in [1.807, 2.05) is 30.5 Å². The normalized spacial score (nSPS) is 10.8. The highest BCUT2D eigenvalue weighted by Gasteiger charge is 2.11. The second-order valence-electron chi connectivity index (χ2n) is 4.87. The Morgan fingerprint density at radius 3 is 2.79 bits per heavy atom. The van der Waals surface area contributed by atoms with Gasteiger partial charge in [0, 0.05) is 30.8 Å². The van der Waals surface area contributed by atoms with Crippen LogP contribution in [0.25, 0.3) is 0 Å². The first-order chi connectivity index (χ1) is 11.6. The molecular formula is C15H20N4O3S2. The smallest absolute Gasteiger partial charge is 0.343 e. The quantitative estimate of drug-likeness (QED) is 0.520. The van der Waals surface area contributed by atoms with Gasteiger partial charge in [-0.15, -0.1) is 16.9 Å². The monoisotopic (exact) mass is 368 g/mol. The van der Waals surface area contributed by atoms with Crippen molar-refractivity contribution in [2.24, 2.45) is 0 Å². The third-order valence-corrected chi connectivity index (χ3v) is 4.88. The SMILES string of the molecule is COCCCn1c(SCC(=O)Nc2ccc(SC)cc2)n[nH]c1=O. The maximum atomic E-state index is 12.0. The molecule has 0 aliphatic rings. The molecule has 24 heavy (non-hydrogen) atoms. The predicted octanol–water partition coefficient (Wildman–Crippen LogP) is 2.06. The summed E-state index contributed by atoms with van der Waals surface area (Å²) in [4.78, 5) is 24.9. The Balaban J connectivity index is 1.88. The van der Waals surface area contributed by atoms with Gasteiger partial charge >= 0.3 is 5.69 Å². The van der Waals surface area contributed by atoms with Gasteiger partial charge in [0.2, 0.25) is 5.91 Å². The predicted molar refractivity (Wildman–Crippen MR) is 96.9 cm³/mol. The highest BCUT2D eigenvalue weighted by atomic mass is 32.2. The Morgan fingerprint density at radius 1 is 1.38 bits per heavy atom. The molecule has 130 valence electrons. The molecular weight excluding hydrogens is 348 g/mol. The number of aromatic nitrogens is 3. The Labute approximate surface area is 148 Å². The van der Waals surface area contributed by atoms with Crippen LogP contribution in [-0.2, 0) is 16.1 Å². The molecule has 0 atom stereocenters. The number of methoxy groups -OCH3 is 1. The van der Waals surface area contributed by atoms with Gasteiger partial charge in [0.05, 0.1) is 5.75 Å². The number of nitrogens with zero attached hydrogens (tertiary/aromatic N) is 2. The molecule has 2 N–H and O–H groups in total. The summed E-state index contributed by atoms with van der Waals surface area (Å²) in [5.41, 5.74) is 0.472.